The summed E-state index contributed by atoms with van der Waals surface area (Å²) in [4.78, 5) is 14.3. The molecule has 0 atom stereocenters. The first-order valence-corrected chi connectivity index (χ1v) is 10.2. The number of benzene rings is 2. The Balaban J connectivity index is 1.84. The van der Waals surface area contributed by atoms with Crippen LogP contribution >= 0.6 is 15.9 Å². The fraction of sp³-hybridized carbons (Fsp3) is 0.238. The van der Waals surface area contributed by atoms with Gasteiger partial charge in [-0.1, -0.05) is 0 Å². The number of carbonyl (C=O) groups excluding carboxylic acids is 1. The van der Waals surface area contributed by atoms with E-state index in [2.05, 4.69) is 31.7 Å². The number of hydrogen-bond donors (Lipinski definition) is 2. The largest absolute Gasteiger partial charge is 0.492 e. The van der Waals surface area contributed by atoms with Gasteiger partial charge in [-0.3, -0.25) is 4.68 Å². The maximum atomic E-state index is 13.8. The minimum absolute atomic E-state index is 0.128. The van der Waals surface area contributed by atoms with E-state index in [4.69, 9.17) is 4.74 Å². The normalized spacial score (nSPS) is 10.9. The van der Waals surface area contributed by atoms with Gasteiger partial charge in [-0.15, -0.1) is 0 Å². The first kappa shape index (κ1) is 22.7. The van der Waals surface area contributed by atoms with Crippen molar-refractivity contribution in [1.82, 2.24) is 14.7 Å². The third-order valence-corrected chi connectivity index (χ3v) is 4.94. The number of rotatable bonds is 7. The highest BCUT2D eigenvalue weighted by Gasteiger charge is 2.16. The number of halogens is 3. The Bertz CT molecular complexity index is 1070. The molecule has 1 aromatic heterocycles. The van der Waals surface area contributed by atoms with E-state index in [0.717, 1.165) is 34.4 Å². The Morgan fingerprint density at radius 1 is 1.19 bits per heavy atom. The molecule has 1 heterocycles. The number of amides is 2. The molecule has 31 heavy (non-hydrogen) atoms. The average molecular weight is 494 g/mol. The number of likely N-dealkylation sites (N-methyl/N-ethyl adjacent to an activating group) is 1. The van der Waals surface area contributed by atoms with E-state index in [9.17, 15) is 13.6 Å². The van der Waals surface area contributed by atoms with Crippen LogP contribution in [0.25, 0.3) is 11.3 Å². The number of hydrogen-bond acceptors (Lipinski definition) is 4. The minimum Gasteiger partial charge on any atom is -0.492 e. The van der Waals surface area contributed by atoms with Crippen LogP contribution in [-0.4, -0.2) is 48.0 Å². The number of nitrogens with zero attached hydrogens (tertiary/aromatic N) is 3. The van der Waals surface area contributed by atoms with Gasteiger partial charge in [0.25, 0.3) is 0 Å². The molecule has 3 aromatic rings. The molecule has 0 saturated heterocycles. The highest BCUT2D eigenvalue weighted by atomic mass is 79.9. The highest BCUT2D eigenvalue weighted by Crippen LogP contribution is 2.36. The fourth-order valence-electron chi connectivity index (χ4n) is 2.85. The van der Waals surface area contributed by atoms with Crippen molar-refractivity contribution >= 4 is 33.3 Å². The third-order valence-electron chi connectivity index (χ3n) is 4.36. The topological polar surface area (TPSA) is 71.4 Å². The molecular formula is C21H22BrF2N5O2. The molecule has 2 amide bonds. The van der Waals surface area contributed by atoms with Crippen molar-refractivity contribution in [3.63, 3.8) is 0 Å². The third kappa shape index (κ3) is 5.80. The molecule has 0 spiro atoms. The van der Waals surface area contributed by atoms with E-state index in [0.29, 0.717) is 24.1 Å². The molecule has 0 unspecified atom stereocenters. The quantitative estimate of drug-likeness (QED) is 0.499. The summed E-state index contributed by atoms with van der Waals surface area (Å²) in [6.07, 6.45) is 1.67. The van der Waals surface area contributed by atoms with Crippen molar-refractivity contribution in [2.75, 3.05) is 37.9 Å². The fourth-order valence-corrected chi connectivity index (χ4v) is 3.41. The van der Waals surface area contributed by atoms with Crippen LogP contribution < -0.4 is 15.4 Å². The Morgan fingerprint density at radius 3 is 2.61 bits per heavy atom. The van der Waals surface area contributed by atoms with Crippen LogP contribution in [-0.2, 0) is 7.05 Å². The number of nitrogens with one attached hydrogen (secondary N) is 2. The molecule has 7 nitrogen and oxygen atoms in total. The molecule has 0 fully saturated rings. The molecule has 0 aliphatic rings. The monoisotopic (exact) mass is 493 g/mol. The van der Waals surface area contributed by atoms with E-state index in [1.54, 1.807) is 36.1 Å². The molecule has 0 saturated carbocycles. The summed E-state index contributed by atoms with van der Waals surface area (Å²) in [7, 11) is 5.71. The second-order valence-electron chi connectivity index (χ2n) is 7.03. The van der Waals surface area contributed by atoms with Crippen molar-refractivity contribution in [3.8, 4) is 17.0 Å². The number of carbonyl (C=O) groups is 1. The summed E-state index contributed by atoms with van der Waals surface area (Å²) in [5.74, 6) is -0.958. The van der Waals surface area contributed by atoms with Crippen LogP contribution in [0.15, 0.2) is 47.1 Å². The minimum atomic E-state index is -0.862. The molecule has 10 heteroatoms. The van der Waals surface area contributed by atoms with Gasteiger partial charge in [0.05, 0.1) is 22.1 Å². The Morgan fingerprint density at radius 2 is 1.97 bits per heavy atom. The molecule has 0 aliphatic carbocycles. The second-order valence-corrected chi connectivity index (χ2v) is 7.89. The maximum Gasteiger partial charge on any atom is 0.323 e. The van der Waals surface area contributed by atoms with Crippen LogP contribution in [0.5, 0.6) is 5.75 Å². The van der Waals surface area contributed by atoms with Gasteiger partial charge in [0, 0.05) is 30.9 Å². The standard InChI is InChI=1S/C21H22BrF2N5O2/c1-28(2)8-9-31-19-7-5-14(11-15(19)20-16(22)12-25-29(20)3)26-21(30)27-18-6-4-13(23)10-17(18)24/h4-7,10-12H,8-9H2,1-3H3,(H2,26,27,30). The zero-order valence-electron chi connectivity index (χ0n) is 17.2. The summed E-state index contributed by atoms with van der Waals surface area (Å²) in [6.45, 7) is 1.21. The summed E-state index contributed by atoms with van der Waals surface area (Å²) in [5, 5.41) is 9.26. The van der Waals surface area contributed by atoms with Gasteiger partial charge in [-0.05, 0) is 60.4 Å². The first-order valence-electron chi connectivity index (χ1n) is 9.37. The number of aryl methyl sites for hydroxylation is 1. The Hall–Kier alpha value is -2.98. The van der Waals surface area contributed by atoms with E-state index >= 15 is 0 Å². The van der Waals surface area contributed by atoms with Crippen molar-refractivity contribution < 1.29 is 18.3 Å². The van der Waals surface area contributed by atoms with Crippen molar-refractivity contribution in [2.24, 2.45) is 7.05 Å². The van der Waals surface area contributed by atoms with Crippen LogP contribution in [0.1, 0.15) is 0 Å². The summed E-state index contributed by atoms with van der Waals surface area (Å²) in [5.41, 5.74) is 1.82. The smallest absolute Gasteiger partial charge is 0.323 e. The van der Waals surface area contributed by atoms with Gasteiger partial charge < -0.3 is 20.3 Å². The van der Waals surface area contributed by atoms with Gasteiger partial charge in [-0.2, -0.15) is 5.10 Å². The SMILES string of the molecule is CN(C)CCOc1ccc(NC(=O)Nc2ccc(F)cc2F)cc1-c1c(Br)cnn1C. The zero-order valence-corrected chi connectivity index (χ0v) is 18.8. The van der Waals surface area contributed by atoms with Crippen LogP contribution in [0.3, 0.4) is 0 Å². The number of anilines is 2. The van der Waals surface area contributed by atoms with E-state index in [1.165, 1.54) is 0 Å². The molecule has 0 bridgehead atoms. The Labute approximate surface area is 187 Å². The van der Waals surface area contributed by atoms with Gasteiger partial charge in [0.2, 0.25) is 0 Å². The van der Waals surface area contributed by atoms with E-state index < -0.39 is 17.7 Å². The predicted octanol–water partition coefficient (Wildman–Crippen LogP) is 4.71. The van der Waals surface area contributed by atoms with Crippen molar-refractivity contribution in [1.29, 1.82) is 0 Å². The van der Waals surface area contributed by atoms with E-state index in [-0.39, 0.29) is 5.69 Å². The lowest BCUT2D eigenvalue weighted by atomic mass is 10.1. The highest BCUT2D eigenvalue weighted by molar-refractivity contribution is 9.10. The molecule has 2 N–H and O–H groups in total. The molecule has 0 aliphatic heterocycles. The number of urea groups is 1. The Kier molecular flexibility index (Phi) is 7.24. The first-order chi connectivity index (χ1) is 14.7. The van der Waals surface area contributed by atoms with Crippen LogP contribution in [0.2, 0.25) is 0 Å². The van der Waals surface area contributed by atoms with E-state index in [1.807, 2.05) is 19.0 Å². The molecule has 0 radical (unpaired) electrons. The predicted molar refractivity (Wildman–Crippen MR) is 119 cm³/mol. The summed E-state index contributed by atoms with van der Waals surface area (Å²) < 4.78 is 35.3. The lowest BCUT2D eigenvalue weighted by Gasteiger charge is -2.16. The lowest BCUT2D eigenvalue weighted by Crippen LogP contribution is -2.21. The molecular weight excluding hydrogens is 472 g/mol. The lowest BCUT2D eigenvalue weighted by molar-refractivity contribution is 0.261. The summed E-state index contributed by atoms with van der Waals surface area (Å²) in [6, 6.07) is 7.43. The van der Waals surface area contributed by atoms with Gasteiger partial charge in [0.1, 0.15) is 24.0 Å². The average Bonchev–Trinajstić information content (AvgIpc) is 3.03. The van der Waals surface area contributed by atoms with Crippen LogP contribution in [0.4, 0.5) is 25.0 Å². The molecule has 2 aromatic carbocycles. The number of ether oxygens (including phenoxy) is 1. The molecule has 3 rings (SSSR count). The van der Waals surface area contributed by atoms with Crippen molar-refractivity contribution in [3.05, 3.63) is 58.7 Å². The van der Waals surface area contributed by atoms with Gasteiger partial charge in [-0.25, -0.2) is 13.6 Å². The summed E-state index contributed by atoms with van der Waals surface area (Å²) >= 11 is 3.49. The van der Waals surface area contributed by atoms with Crippen LogP contribution in [0, 0.1) is 11.6 Å². The second kappa shape index (κ2) is 9.88. The van der Waals surface area contributed by atoms with Gasteiger partial charge in [0.15, 0.2) is 0 Å². The van der Waals surface area contributed by atoms with Gasteiger partial charge >= 0.3 is 6.03 Å². The zero-order chi connectivity index (χ0) is 22.5. The molecule has 164 valence electrons. The van der Waals surface area contributed by atoms with Crippen molar-refractivity contribution in [2.45, 2.75) is 0 Å². The number of aromatic nitrogens is 2. The maximum absolute atomic E-state index is 13.8.